The number of aryl methyl sites for hydroxylation is 2. The van der Waals surface area contributed by atoms with E-state index < -0.39 is 0 Å². The zero-order valence-electron chi connectivity index (χ0n) is 13.8. The Morgan fingerprint density at radius 3 is 2.72 bits per heavy atom. The van der Waals surface area contributed by atoms with Gasteiger partial charge in [0, 0.05) is 28.2 Å². The number of nitrogens with zero attached hydrogens (tertiary/aromatic N) is 3. The van der Waals surface area contributed by atoms with Crippen molar-refractivity contribution in [3.63, 3.8) is 0 Å². The molecule has 2 aromatic carbocycles. The topological polar surface area (TPSA) is 39.4 Å². The maximum Gasteiger partial charge on any atom is 0.225 e. The fourth-order valence-corrected chi connectivity index (χ4v) is 3.58. The molecular weight excluding hydrogens is 357 g/mol. The Hall–Kier alpha value is -2.30. The molecule has 126 valence electrons. The normalized spacial score (nSPS) is 13.2. The fraction of sp³-hybridized carbons (Fsp3) is 0.158. The lowest BCUT2D eigenvalue weighted by molar-refractivity contribution is 0.288. The summed E-state index contributed by atoms with van der Waals surface area (Å²) in [6.45, 7) is 2.42. The van der Waals surface area contributed by atoms with Crippen LogP contribution in [0.25, 0.3) is 11.3 Å². The first kappa shape index (κ1) is 16.2. The molecule has 1 aliphatic heterocycles. The van der Waals surface area contributed by atoms with E-state index in [1.54, 1.807) is 10.9 Å². The predicted molar refractivity (Wildman–Crippen MR) is 101 cm³/mol. The van der Waals surface area contributed by atoms with Crippen molar-refractivity contribution in [2.75, 3.05) is 0 Å². The van der Waals surface area contributed by atoms with Crippen LogP contribution in [-0.4, -0.2) is 15.7 Å². The highest BCUT2D eigenvalue weighted by atomic mass is 35.5. The lowest BCUT2D eigenvalue weighted by atomic mass is 10.1. The molecule has 4 nitrogen and oxygen atoms in total. The van der Waals surface area contributed by atoms with Crippen LogP contribution in [0.15, 0.2) is 47.6 Å². The second-order valence-electron chi connectivity index (χ2n) is 5.95. The summed E-state index contributed by atoms with van der Waals surface area (Å²) in [5.74, 6) is 0.543. The number of aliphatic imine (C=N–C) groups is 1. The van der Waals surface area contributed by atoms with E-state index in [2.05, 4.69) is 5.10 Å². The van der Waals surface area contributed by atoms with Gasteiger partial charge in [-0.05, 0) is 30.7 Å². The highest BCUT2D eigenvalue weighted by Crippen LogP contribution is 2.35. The molecular formula is C19H15Cl2N3O. The van der Waals surface area contributed by atoms with Crippen molar-refractivity contribution in [1.29, 1.82) is 0 Å². The minimum atomic E-state index is 0.423. The van der Waals surface area contributed by atoms with Gasteiger partial charge in [-0.1, -0.05) is 41.4 Å². The molecule has 0 spiro atoms. The van der Waals surface area contributed by atoms with Crippen molar-refractivity contribution in [2.24, 2.45) is 12.0 Å². The van der Waals surface area contributed by atoms with Crippen LogP contribution in [0.2, 0.25) is 10.0 Å². The molecule has 25 heavy (non-hydrogen) atoms. The first-order chi connectivity index (χ1) is 12.0. The molecule has 3 aromatic rings. The number of fused-ring (bicyclic) bond motifs is 1. The highest BCUT2D eigenvalue weighted by molar-refractivity contribution is 6.33. The summed E-state index contributed by atoms with van der Waals surface area (Å²) in [6, 6.07) is 11.5. The van der Waals surface area contributed by atoms with Gasteiger partial charge in [0.15, 0.2) is 0 Å². The lowest BCUT2D eigenvalue weighted by Gasteiger charge is -2.19. The van der Waals surface area contributed by atoms with Gasteiger partial charge in [-0.15, -0.1) is 0 Å². The SMILES string of the molecule is Cc1cc(Cl)cc2c1N=C(c1cnn(C)c1-c1ccccc1Cl)OC2. The molecule has 0 atom stereocenters. The number of hydrogen-bond acceptors (Lipinski definition) is 3. The summed E-state index contributed by atoms with van der Waals surface area (Å²) in [4.78, 5) is 4.72. The number of benzene rings is 2. The maximum atomic E-state index is 6.39. The molecule has 0 fully saturated rings. The molecule has 1 aliphatic rings. The molecule has 0 radical (unpaired) electrons. The average molecular weight is 372 g/mol. The third-order valence-electron chi connectivity index (χ3n) is 4.22. The second-order valence-corrected chi connectivity index (χ2v) is 6.79. The van der Waals surface area contributed by atoms with E-state index in [0.717, 1.165) is 33.6 Å². The molecule has 0 unspecified atom stereocenters. The molecule has 0 aliphatic carbocycles. The quantitative estimate of drug-likeness (QED) is 0.612. The van der Waals surface area contributed by atoms with Crippen molar-refractivity contribution in [2.45, 2.75) is 13.5 Å². The van der Waals surface area contributed by atoms with E-state index in [4.69, 9.17) is 32.9 Å². The number of rotatable bonds is 2. The third-order valence-corrected chi connectivity index (χ3v) is 4.77. The van der Waals surface area contributed by atoms with Crippen molar-refractivity contribution in [3.8, 4) is 11.3 Å². The Bertz CT molecular complexity index is 1010. The first-order valence-corrected chi connectivity index (χ1v) is 8.58. The van der Waals surface area contributed by atoms with Gasteiger partial charge >= 0.3 is 0 Å². The highest BCUT2D eigenvalue weighted by Gasteiger charge is 2.23. The van der Waals surface area contributed by atoms with E-state index in [9.17, 15) is 0 Å². The second kappa shape index (κ2) is 6.21. The van der Waals surface area contributed by atoms with Crippen LogP contribution in [0.3, 0.4) is 0 Å². The molecule has 4 rings (SSSR count). The number of aromatic nitrogens is 2. The average Bonchev–Trinajstić information content (AvgIpc) is 2.96. The predicted octanol–water partition coefficient (Wildman–Crippen LogP) is 5.31. The van der Waals surface area contributed by atoms with Crippen LogP contribution in [-0.2, 0) is 18.4 Å². The molecule has 0 saturated heterocycles. The number of ether oxygens (including phenoxy) is 1. The van der Waals surface area contributed by atoms with E-state index in [1.807, 2.05) is 50.4 Å². The van der Waals surface area contributed by atoms with Crippen LogP contribution < -0.4 is 0 Å². The van der Waals surface area contributed by atoms with Crippen LogP contribution in [0.5, 0.6) is 0 Å². The summed E-state index contributed by atoms with van der Waals surface area (Å²) in [6.07, 6.45) is 1.76. The Morgan fingerprint density at radius 1 is 1.12 bits per heavy atom. The third kappa shape index (κ3) is 2.81. The lowest BCUT2D eigenvalue weighted by Crippen LogP contribution is -2.12. The molecule has 1 aromatic heterocycles. The summed E-state index contributed by atoms with van der Waals surface area (Å²) in [7, 11) is 1.88. The summed E-state index contributed by atoms with van der Waals surface area (Å²) in [5.41, 5.74) is 5.49. The minimum absolute atomic E-state index is 0.423. The maximum absolute atomic E-state index is 6.39. The Morgan fingerprint density at radius 2 is 1.92 bits per heavy atom. The van der Waals surface area contributed by atoms with E-state index >= 15 is 0 Å². The van der Waals surface area contributed by atoms with Crippen LogP contribution in [0.4, 0.5) is 5.69 Å². The molecule has 0 amide bonds. The first-order valence-electron chi connectivity index (χ1n) is 7.82. The minimum Gasteiger partial charge on any atom is -0.472 e. The van der Waals surface area contributed by atoms with E-state index in [1.165, 1.54) is 0 Å². The van der Waals surface area contributed by atoms with Gasteiger partial charge in [0.05, 0.1) is 23.1 Å². The molecule has 0 saturated carbocycles. The Labute approximate surface area is 155 Å². The fourth-order valence-electron chi connectivity index (χ4n) is 3.06. The van der Waals surface area contributed by atoms with E-state index in [-0.39, 0.29) is 0 Å². The van der Waals surface area contributed by atoms with Crippen LogP contribution >= 0.6 is 23.2 Å². The zero-order valence-corrected chi connectivity index (χ0v) is 15.3. The van der Waals surface area contributed by atoms with Crippen LogP contribution in [0, 0.1) is 6.92 Å². The van der Waals surface area contributed by atoms with Crippen molar-refractivity contribution in [1.82, 2.24) is 9.78 Å². The number of hydrogen-bond donors (Lipinski definition) is 0. The van der Waals surface area contributed by atoms with Gasteiger partial charge in [-0.3, -0.25) is 4.68 Å². The molecule has 0 bridgehead atoms. The standard InChI is InChI=1S/C19H15Cl2N3O/c1-11-7-13(20)8-12-10-25-19(23-17(11)12)15-9-22-24(2)18(15)14-5-3-4-6-16(14)21/h3-9H,10H2,1-2H3. The smallest absolute Gasteiger partial charge is 0.225 e. The molecule has 2 heterocycles. The molecule has 6 heteroatoms. The van der Waals surface area contributed by atoms with Gasteiger partial charge in [-0.2, -0.15) is 5.10 Å². The largest absolute Gasteiger partial charge is 0.472 e. The van der Waals surface area contributed by atoms with Gasteiger partial charge < -0.3 is 4.74 Å². The Balaban J connectivity index is 1.87. The summed E-state index contributed by atoms with van der Waals surface area (Å²) in [5, 5.41) is 5.73. The number of halogens is 2. The summed E-state index contributed by atoms with van der Waals surface area (Å²) >= 11 is 12.5. The van der Waals surface area contributed by atoms with Crippen LogP contribution in [0.1, 0.15) is 16.7 Å². The Kier molecular flexibility index (Phi) is 4.02. The van der Waals surface area contributed by atoms with Crippen molar-refractivity contribution in [3.05, 3.63) is 69.3 Å². The van der Waals surface area contributed by atoms with E-state index in [0.29, 0.717) is 22.5 Å². The molecule has 0 N–H and O–H groups in total. The van der Waals surface area contributed by atoms with Gasteiger partial charge in [0.1, 0.15) is 6.61 Å². The van der Waals surface area contributed by atoms with Gasteiger partial charge in [-0.25, -0.2) is 4.99 Å². The van der Waals surface area contributed by atoms with Crippen molar-refractivity contribution < 1.29 is 4.74 Å². The van der Waals surface area contributed by atoms with Gasteiger partial charge in [0.25, 0.3) is 0 Å². The van der Waals surface area contributed by atoms with Crippen molar-refractivity contribution >= 4 is 34.8 Å². The van der Waals surface area contributed by atoms with Gasteiger partial charge in [0.2, 0.25) is 5.90 Å². The zero-order chi connectivity index (χ0) is 17.6. The summed E-state index contributed by atoms with van der Waals surface area (Å²) < 4.78 is 7.70. The monoisotopic (exact) mass is 371 g/mol.